The number of nitrogens with zero attached hydrogens (tertiary/aromatic N) is 2. The Hall–Kier alpha value is -1.40. The molecule has 4 atom stereocenters. The van der Waals surface area contributed by atoms with Crippen LogP contribution in [-0.2, 0) is 0 Å². The van der Waals surface area contributed by atoms with Gasteiger partial charge in [0, 0.05) is 18.2 Å². The summed E-state index contributed by atoms with van der Waals surface area (Å²) in [6, 6.07) is 2.11. The van der Waals surface area contributed by atoms with Crippen molar-refractivity contribution in [3.63, 3.8) is 0 Å². The molecule has 0 aliphatic carbocycles. The van der Waals surface area contributed by atoms with Gasteiger partial charge < -0.3 is 20.8 Å². The Labute approximate surface area is 127 Å². The second-order valence-electron chi connectivity index (χ2n) is 5.95. The molecule has 21 heavy (non-hydrogen) atoms. The Balaban J connectivity index is 2.70. The van der Waals surface area contributed by atoms with Crippen LogP contribution >= 0.6 is 0 Å². The number of aromatic nitrogens is 2. The van der Waals surface area contributed by atoms with Crippen LogP contribution in [0.3, 0.4) is 0 Å². The minimum atomic E-state index is -0.348. The van der Waals surface area contributed by atoms with Gasteiger partial charge in [-0.15, -0.1) is 0 Å². The molecule has 0 bridgehead atoms. The Morgan fingerprint density at radius 3 is 1.62 bits per heavy atom. The molecule has 0 fully saturated rings. The number of hydrogen-bond acceptors (Lipinski definition) is 6. The molecule has 4 N–H and O–H groups in total. The van der Waals surface area contributed by atoms with E-state index in [0.29, 0.717) is 18.7 Å². The van der Waals surface area contributed by atoms with Crippen LogP contribution in [-0.4, -0.2) is 44.5 Å². The minimum Gasteiger partial charge on any atom is -0.393 e. The predicted octanol–water partition coefficient (Wildman–Crippen LogP) is 1.93. The number of rotatable bonds is 8. The predicted molar refractivity (Wildman–Crippen MR) is 85.5 cm³/mol. The summed E-state index contributed by atoms with van der Waals surface area (Å²) in [7, 11) is 0. The third-order valence-electron chi connectivity index (χ3n) is 3.02. The fourth-order valence-electron chi connectivity index (χ4n) is 2.36. The maximum Gasteiger partial charge on any atom is 0.132 e. The number of aryl methyl sites for hydroxylation is 1. The molecule has 0 aliphatic heterocycles. The van der Waals surface area contributed by atoms with E-state index in [1.54, 1.807) is 13.8 Å². The minimum absolute atomic E-state index is 0.127. The first-order chi connectivity index (χ1) is 9.76. The molecule has 0 saturated heterocycles. The van der Waals surface area contributed by atoms with Crippen LogP contribution in [0.4, 0.5) is 11.6 Å². The van der Waals surface area contributed by atoms with Gasteiger partial charge >= 0.3 is 0 Å². The zero-order chi connectivity index (χ0) is 16.0. The van der Waals surface area contributed by atoms with E-state index in [9.17, 15) is 10.2 Å². The van der Waals surface area contributed by atoms with Crippen LogP contribution in [0.25, 0.3) is 0 Å². The first-order valence-corrected chi connectivity index (χ1v) is 7.51. The van der Waals surface area contributed by atoms with E-state index >= 15 is 0 Å². The van der Waals surface area contributed by atoms with E-state index in [1.165, 1.54) is 0 Å². The maximum absolute atomic E-state index is 9.40. The number of hydrogen-bond donors (Lipinski definition) is 4. The second-order valence-corrected chi connectivity index (χ2v) is 5.95. The van der Waals surface area contributed by atoms with Gasteiger partial charge in [-0.05, 0) is 47.5 Å². The molecule has 120 valence electrons. The highest BCUT2D eigenvalue weighted by molar-refractivity contribution is 5.48. The lowest BCUT2D eigenvalue weighted by atomic mass is 10.1. The van der Waals surface area contributed by atoms with Crippen molar-refractivity contribution in [2.45, 2.75) is 71.8 Å². The molecule has 0 radical (unpaired) electrons. The van der Waals surface area contributed by atoms with Gasteiger partial charge in [0.2, 0.25) is 0 Å². The summed E-state index contributed by atoms with van der Waals surface area (Å²) in [4.78, 5) is 8.71. The van der Waals surface area contributed by atoms with E-state index in [1.807, 2.05) is 26.8 Å². The summed E-state index contributed by atoms with van der Waals surface area (Å²) in [5.74, 6) is 2.15. The summed E-state index contributed by atoms with van der Waals surface area (Å²) in [6.07, 6.45) is 0.618. The highest BCUT2D eigenvalue weighted by Crippen LogP contribution is 2.15. The highest BCUT2D eigenvalue weighted by Gasteiger charge is 2.11. The van der Waals surface area contributed by atoms with Crippen molar-refractivity contribution >= 4 is 11.6 Å². The molecule has 4 unspecified atom stereocenters. The summed E-state index contributed by atoms with van der Waals surface area (Å²) in [5.41, 5.74) is 0. The summed E-state index contributed by atoms with van der Waals surface area (Å²) in [5, 5.41) is 25.3. The van der Waals surface area contributed by atoms with Gasteiger partial charge in [-0.25, -0.2) is 9.97 Å². The van der Waals surface area contributed by atoms with Gasteiger partial charge in [0.05, 0.1) is 12.2 Å². The van der Waals surface area contributed by atoms with E-state index in [2.05, 4.69) is 20.6 Å². The number of nitrogens with one attached hydrogen (secondary N) is 2. The number of aliphatic hydroxyl groups is 2. The lowest BCUT2D eigenvalue weighted by molar-refractivity contribution is 0.179. The molecule has 1 rings (SSSR count). The zero-order valence-corrected chi connectivity index (χ0v) is 13.6. The van der Waals surface area contributed by atoms with Crippen molar-refractivity contribution in [2.75, 3.05) is 10.6 Å². The summed E-state index contributed by atoms with van der Waals surface area (Å²) in [6.45, 7) is 9.40. The van der Waals surface area contributed by atoms with Gasteiger partial charge in [0.1, 0.15) is 17.5 Å². The molecule has 0 saturated carbocycles. The van der Waals surface area contributed by atoms with E-state index in [4.69, 9.17) is 0 Å². The molecule has 6 heteroatoms. The van der Waals surface area contributed by atoms with Crippen molar-refractivity contribution in [1.29, 1.82) is 0 Å². The molecular weight excluding hydrogens is 268 g/mol. The Morgan fingerprint density at radius 1 is 0.905 bits per heavy atom. The monoisotopic (exact) mass is 296 g/mol. The fourth-order valence-corrected chi connectivity index (χ4v) is 2.36. The zero-order valence-electron chi connectivity index (χ0n) is 13.6. The molecule has 0 aliphatic rings. The average molecular weight is 296 g/mol. The van der Waals surface area contributed by atoms with Gasteiger partial charge in [-0.1, -0.05) is 0 Å². The standard InChI is InChI=1S/C15H28N4O2/c1-9(6-11(3)20)16-14-8-15(19-13(5)18-14)17-10(2)7-12(4)21/h8-12,20-21H,6-7H2,1-5H3,(H2,16,17,18,19). The van der Waals surface area contributed by atoms with Crippen LogP contribution in [0, 0.1) is 6.92 Å². The van der Waals surface area contributed by atoms with Crippen LogP contribution in [0.15, 0.2) is 6.07 Å². The smallest absolute Gasteiger partial charge is 0.132 e. The topological polar surface area (TPSA) is 90.3 Å². The molecule has 1 heterocycles. The lowest BCUT2D eigenvalue weighted by Crippen LogP contribution is -2.23. The molecular formula is C15H28N4O2. The highest BCUT2D eigenvalue weighted by atomic mass is 16.3. The van der Waals surface area contributed by atoms with E-state index in [-0.39, 0.29) is 24.3 Å². The van der Waals surface area contributed by atoms with Gasteiger partial charge in [0.15, 0.2) is 0 Å². The van der Waals surface area contributed by atoms with Crippen LogP contribution in [0.2, 0.25) is 0 Å². The van der Waals surface area contributed by atoms with Crippen molar-refractivity contribution in [2.24, 2.45) is 0 Å². The van der Waals surface area contributed by atoms with Crippen molar-refractivity contribution in [3.05, 3.63) is 11.9 Å². The summed E-state index contributed by atoms with van der Waals surface area (Å²) < 4.78 is 0. The quantitative estimate of drug-likeness (QED) is 0.586. The molecule has 0 aromatic carbocycles. The number of aliphatic hydroxyl groups excluding tert-OH is 2. The van der Waals surface area contributed by atoms with Crippen molar-refractivity contribution in [1.82, 2.24) is 9.97 Å². The summed E-state index contributed by atoms with van der Waals surface area (Å²) >= 11 is 0. The Bertz CT molecular complexity index is 401. The molecule has 0 amide bonds. The normalized spacial score (nSPS) is 16.9. The van der Waals surface area contributed by atoms with E-state index < -0.39 is 0 Å². The first kappa shape index (κ1) is 17.7. The SMILES string of the molecule is Cc1nc(NC(C)CC(C)O)cc(NC(C)CC(C)O)n1. The van der Waals surface area contributed by atoms with Crippen LogP contribution in [0.1, 0.15) is 46.4 Å². The third kappa shape index (κ3) is 7.24. The first-order valence-electron chi connectivity index (χ1n) is 7.51. The molecule has 6 nitrogen and oxygen atoms in total. The second kappa shape index (κ2) is 8.14. The van der Waals surface area contributed by atoms with Gasteiger partial charge in [-0.3, -0.25) is 0 Å². The number of anilines is 2. The van der Waals surface area contributed by atoms with Gasteiger partial charge in [-0.2, -0.15) is 0 Å². The van der Waals surface area contributed by atoms with Crippen molar-refractivity contribution in [3.8, 4) is 0 Å². The van der Waals surface area contributed by atoms with Crippen LogP contribution < -0.4 is 10.6 Å². The molecule has 1 aromatic rings. The molecule has 0 spiro atoms. The molecule has 1 aromatic heterocycles. The largest absolute Gasteiger partial charge is 0.393 e. The Morgan fingerprint density at radius 2 is 1.29 bits per heavy atom. The van der Waals surface area contributed by atoms with E-state index in [0.717, 1.165) is 11.6 Å². The fraction of sp³-hybridized carbons (Fsp3) is 0.733. The Kier molecular flexibility index (Phi) is 6.84. The lowest BCUT2D eigenvalue weighted by Gasteiger charge is -2.19. The van der Waals surface area contributed by atoms with Gasteiger partial charge in [0.25, 0.3) is 0 Å². The maximum atomic E-state index is 9.40. The third-order valence-corrected chi connectivity index (χ3v) is 3.02. The van der Waals surface area contributed by atoms with Crippen molar-refractivity contribution < 1.29 is 10.2 Å². The average Bonchev–Trinajstić information content (AvgIpc) is 2.24. The van der Waals surface area contributed by atoms with Crippen LogP contribution in [0.5, 0.6) is 0 Å².